The van der Waals surface area contributed by atoms with Gasteiger partial charge in [0.1, 0.15) is 5.82 Å². The Morgan fingerprint density at radius 3 is 2.32 bits per heavy atom. The smallest absolute Gasteiger partial charge is 0.374 e. The van der Waals surface area contributed by atoms with Crippen molar-refractivity contribution in [1.82, 2.24) is 5.32 Å². The number of carbonyl (C=O) groups is 2. The van der Waals surface area contributed by atoms with Gasteiger partial charge in [-0.25, -0.2) is 17.2 Å². The van der Waals surface area contributed by atoms with Crippen LogP contribution in [0.1, 0.15) is 46.8 Å². The minimum Gasteiger partial charge on any atom is -0.374 e. The zero-order valence-electron chi connectivity index (χ0n) is 19.6. The number of carbonyl (C=O) groups excluding carboxylic acids is 2. The van der Waals surface area contributed by atoms with E-state index >= 15 is 4.39 Å². The maximum atomic E-state index is 15.4. The Morgan fingerprint density at radius 1 is 1.08 bits per heavy atom. The number of benzene rings is 2. The number of rotatable bonds is 7. The lowest BCUT2D eigenvalue weighted by molar-refractivity contribution is -0.156. The minimum atomic E-state index is -4.81. The van der Waals surface area contributed by atoms with E-state index in [1.54, 1.807) is 0 Å². The number of hydrogen-bond donors (Lipinski definition) is 1. The van der Waals surface area contributed by atoms with E-state index < -0.39 is 81.4 Å². The van der Waals surface area contributed by atoms with E-state index in [9.17, 15) is 35.6 Å². The summed E-state index contributed by atoms with van der Waals surface area (Å²) in [6, 6.07) is 5.43. The predicted molar refractivity (Wildman–Crippen MR) is 122 cm³/mol. The number of ether oxygens (including phenoxy) is 1. The highest BCUT2D eigenvalue weighted by Crippen LogP contribution is 2.41. The summed E-state index contributed by atoms with van der Waals surface area (Å²) in [5, 5.41) is 2.43. The maximum Gasteiger partial charge on any atom is 0.416 e. The molecule has 4 rings (SSSR count). The minimum absolute atomic E-state index is 0.0560. The highest BCUT2D eigenvalue weighted by atomic mass is 32.2. The van der Waals surface area contributed by atoms with Gasteiger partial charge in [0.05, 0.1) is 29.7 Å². The van der Waals surface area contributed by atoms with Crippen LogP contribution in [0.5, 0.6) is 0 Å². The molecule has 1 heterocycles. The van der Waals surface area contributed by atoms with Crippen molar-refractivity contribution in [3.8, 4) is 0 Å². The molecule has 37 heavy (non-hydrogen) atoms. The quantitative estimate of drug-likeness (QED) is 0.411. The monoisotopic (exact) mass is 545 g/mol. The zero-order valence-corrected chi connectivity index (χ0v) is 20.5. The van der Waals surface area contributed by atoms with Crippen LogP contribution in [0.25, 0.3) is 0 Å². The summed E-state index contributed by atoms with van der Waals surface area (Å²) >= 11 is 0. The van der Waals surface area contributed by atoms with E-state index in [1.807, 2.05) is 0 Å². The average Bonchev–Trinajstić information content (AvgIpc) is 3.30. The van der Waals surface area contributed by atoms with E-state index in [1.165, 1.54) is 24.3 Å². The number of sulfone groups is 1. The predicted octanol–water partition coefficient (Wildman–Crippen LogP) is 4.44. The third kappa shape index (κ3) is 5.54. The van der Waals surface area contributed by atoms with Gasteiger partial charge in [-0.1, -0.05) is 24.6 Å². The second kappa shape index (κ2) is 9.79. The van der Waals surface area contributed by atoms with Crippen LogP contribution in [0.15, 0.2) is 47.4 Å². The first-order valence-corrected chi connectivity index (χ1v) is 13.4. The molecule has 3 atom stereocenters. The number of Topliss-reactive ketones (excluding diaryl/α,β-unsaturated/α-hetero) is 1. The van der Waals surface area contributed by atoms with Gasteiger partial charge in [-0.05, 0) is 37.1 Å². The number of ketones is 1. The Kier molecular flexibility index (Phi) is 7.19. The molecule has 2 aromatic carbocycles. The average molecular weight is 546 g/mol. The van der Waals surface area contributed by atoms with Crippen molar-refractivity contribution in [1.29, 1.82) is 0 Å². The van der Waals surface area contributed by atoms with Crippen LogP contribution >= 0.6 is 0 Å². The largest absolute Gasteiger partial charge is 0.416 e. The summed E-state index contributed by atoms with van der Waals surface area (Å²) in [4.78, 5) is 26.4. The molecule has 1 amide bonds. The fourth-order valence-electron chi connectivity index (χ4n) is 4.82. The molecule has 0 bridgehead atoms. The molecule has 1 aliphatic carbocycles. The fraction of sp³-hybridized carbons (Fsp3) is 0.440. The fourth-order valence-corrected chi connectivity index (χ4v) is 5.48. The van der Waals surface area contributed by atoms with Crippen molar-refractivity contribution < 1.29 is 44.7 Å². The Bertz CT molecular complexity index is 1320. The molecule has 2 aliphatic rings. The van der Waals surface area contributed by atoms with Crippen LogP contribution in [0.3, 0.4) is 0 Å². The topological polar surface area (TPSA) is 89.5 Å². The van der Waals surface area contributed by atoms with Crippen molar-refractivity contribution >= 4 is 21.5 Å². The lowest BCUT2D eigenvalue weighted by atomic mass is 9.85. The lowest BCUT2D eigenvalue weighted by Gasteiger charge is -2.41. The van der Waals surface area contributed by atoms with Crippen molar-refractivity contribution in [3.05, 3.63) is 65.0 Å². The molecule has 200 valence electrons. The van der Waals surface area contributed by atoms with Crippen LogP contribution < -0.4 is 5.32 Å². The normalized spacial score (nSPS) is 22.2. The third-order valence-electron chi connectivity index (χ3n) is 6.86. The Balaban J connectivity index is 1.59. The van der Waals surface area contributed by atoms with Crippen molar-refractivity contribution in [2.45, 2.75) is 42.0 Å². The second-order valence-corrected chi connectivity index (χ2v) is 11.5. The molecule has 1 saturated heterocycles. The maximum absolute atomic E-state index is 15.4. The molecule has 1 saturated carbocycles. The van der Waals surface area contributed by atoms with Gasteiger partial charge < -0.3 is 10.1 Å². The molecule has 6 nitrogen and oxygen atoms in total. The van der Waals surface area contributed by atoms with Gasteiger partial charge >= 0.3 is 6.18 Å². The number of nitrogens with one attached hydrogen (secondary N) is 1. The molecular formula is C25H24F5NO5S. The van der Waals surface area contributed by atoms with E-state index in [0.29, 0.717) is 18.9 Å². The van der Waals surface area contributed by atoms with Crippen LogP contribution in [0, 0.1) is 17.7 Å². The summed E-state index contributed by atoms with van der Waals surface area (Å²) in [5.41, 5.74) is -3.87. The molecule has 1 N–H and O–H groups in total. The van der Waals surface area contributed by atoms with E-state index in [4.69, 9.17) is 4.74 Å². The molecule has 1 unspecified atom stereocenters. The van der Waals surface area contributed by atoms with E-state index in [2.05, 4.69) is 5.32 Å². The summed E-state index contributed by atoms with van der Waals surface area (Å²) in [6.07, 6.45) is -2.73. The molecule has 2 aromatic rings. The first-order valence-electron chi connectivity index (χ1n) is 11.5. The van der Waals surface area contributed by atoms with Crippen molar-refractivity contribution in [2.75, 3.05) is 19.5 Å². The highest BCUT2D eigenvalue weighted by Gasteiger charge is 2.50. The zero-order chi connectivity index (χ0) is 27.2. The van der Waals surface area contributed by atoms with Crippen LogP contribution in [-0.2, 0) is 25.5 Å². The standard InChI is InChI=1S/C25H24F5NO5S/c1-37(34,35)16-5-2-4-14(10-16)21(32)17-6-3-7-18(17)23(33)31-22(24(27)12-36-13-24)19-9-8-15(11-20(19)26)25(28,29)30/h2,4-5,8-11,17-18,22H,3,6-7,12-13H2,1H3,(H,31,33)/t17?,18-,22-/m0/s1. The molecule has 1 aliphatic heterocycles. The first kappa shape index (κ1) is 27.2. The SMILES string of the molecule is CS(=O)(=O)c1cccc(C(=O)C2CCC[C@@H]2C(=O)N[C@@H](c2ccc(C(F)(F)F)cc2F)C2(F)COC2)c1. The number of hydrogen-bond acceptors (Lipinski definition) is 5. The number of halogens is 5. The lowest BCUT2D eigenvalue weighted by Crippen LogP contribution is -2.56. The van der Waals surface area contributed by atoms with E-state index in [-0.39, 0.29) is 22.9 Å². The Labute approximate surface area is 210 Å². The second-order valence-electron chi connectivity index (χ2n) is 9.51. The molecule has 0 spiro atoms. The number of alkyl halides is 4. The van der Waals surface area contributed by atoms with E-state index in [0.717, 1.165) is 12.3 Å². The number of amides is 1. The first-order chi connectivity index (χ1) is 17.2. The van der Waals surface area contributed by atoms with Gasteiger partial charge in [-0.15, -0.1) is 0 Å². The Hall–Kier alpha value is -2.86. The molecular weight excluding hydrogens is 521 g/mol. The molecule has 0 radical (unpaired) electrons. The molecule has 2 fully saturated rings. The summed E-state index contributed by atoms with van der Waals surface area (Å²) in [7, 11) is -3.58. The van der Waals surface area contributed by atoms with Crippen LogP contribution in [-0.4, -0.2) is 45.2 Å². The van der Waals surface area contributed by atoms with Gasteiger partial charge in [0.25, 0.3) is 0 Å². The highest BCUT2D eigenvalue weighted by molar-refractivity contribution is 7.90. The summed E-state index contributed by atoms with van der Waals surface area (Å²) < 4.78 is 97.8. The van der Waals surface area contributed by atoms with Crippen LogP contribution in [0.2, 0.25) is 0 Å². The molecule has 12 heteroatoms. The van der Waals surface area contributed by atoms with Crippen LogP contribution in [0.4, 0.5) is 22.0 Å². The van der Waals surface area contributed by atoms with Gasteiger partial charge in [-0.3, -0.25) is 9.59 Å². The van der Waals surface area contributed by atoms with Gasteiger partial charge in [0, 0.05) is 29.2 Å². The third-order valence-corrected chi connectivity index (χ3v) is 7.97. The summed E-state index contributed by atoms with van der Waals surface area (Å²) in [6.45, 7) is -0.993. The Morgan fingerprint density at radius 2 is 1.76 bits per heavy atom. The summed E-state index contributed by atoms with van der Waals surface area (Å²) in [5.74, 6) is -4.29. The van der Waals surface area contributed by atoms with Gasteiger partial charge in [-0.2, -0.15) is 13.2 Å². The van der Waals surface area contributed by atoms with Crippen molar-refractivity contribution in [3.63, 3.8) is 0 Å². The molecule has 0 aromatic heterocycles. The van der Waals surface area contributed by atoms with Crippen molar-refractivity contribution in [2.24, 2.45) is 11.8 Å². The van der Waals surface area contributed by atoms with Gasteiger partial charge in [0.15, 0.2) is 21.3 Å². The van der Waals surface area contributed by atoms with Gasteiger partial charge in [0.2, 0.25) is 5.91 Å².